The monoisotopic (exact) mass is 341 g/mol. The first-order valence-corrected chi connectivity index (χ1v) is 9.63. The van der Waals surface area contributed by atoms with E-state index in [0.717, 1.165) is 6.42 Å². The maximum atomic E-state index is 2.38. The van der Waals surface area contributed by atoms with Crippen LogP contribution in [0.4, 0.5) is 0 Å². The molecule has 1 aliphatic heterocycles. The molecule has 0 saturated heterocycles. The molecule has 0 radical (unpaired) electrons. The fourth-order valence-electron chi connectivity index (χ4n) is 4.26. The fraction of sp³-hybridized carbons (Fsp3) is 0.130. The van der Waals surface area contributed by atoms with E-state index in [2.05, 4.69) is 84.6 Å². The summed E-state index contributed by atoms with van der Waals surface area (Å²) in [5.74, 6) is 0. The minimum atomic E-state index is 1.02. The molecule has 0 N–H and O–H groups in total. The minimum Gasteiger partial charge on any atom is -0.347 e. The molecule has 1 aromatic heterocycles. The Morgan fingerprint density at radius 2 is 1.44 bits per heavy atom. The van der Waals surface area contributed by atoms with Crippen LogP contribution in [0.5, 0.6) is 0 Å². The first-order chi connectivity index (χ1) is 12.3. The van der Waals surface area contributed by atoms with Crippen LogP contribution in [-0.4, -0.2) is 4.57 Å². The Balaban J connectivity index is 2.13. The fourth-order valence-corrected chi connectivity index (χ4v) is 5.05. The summed E-state index contributed by atoms with van der Waals surface area (Å²) in [6.07, 6.45) is 1.02. The number of benzene rings is 2. The van der Waals surface area contributed by atoms with E-state index in [1.54, 1.807) is 0 Å². The number of aromatic nitrogens is 1. The van der Waals surface area contributed by atoms with Crippen LogP contribution in [0.15, 0.2) is 66.0 Å². The smallest absolute Gasteiger partial charge is 0.0485 e. The molecule has 1 nitrogen and oxygen atoms in total. The van der Waals surface area contributed by atoms with Crippen LogP contribution in [0.3, 0.4) is 0 Å². The van der Waals surface area contributed by atoms with Crippen molar-refractivity contribution in [2.75, 3.05) is 0 Å². The van der Waals surface area contributed by atoms with E-state index < -0.39 is 0 Å². The quantitative estimate of drug-likeness (QED) is 0.335. The minimum absolute atomic E-state index is 1.02. The van der Waals surface area contributed by atoms with E-state index in [9.17, 15) is 0 Å². The lowest BCUT2D eigenvalue weighted by atomic mass is 9.96. The summed E-state index contributed by atoms with van der Waals surface area (Å²) in [6, 6.07) is 22.1. The Labute approximate surface area is 151 Å². The zero-order chi connectivity index (χ0) is 17.0. The van der Waals surface area contributed by atoms with Gasteiger partial charge in [-0.3, -0.25) is 0 Å². The lowest BCUT2D eigenvalue weighted by Crippen LogP contribution is -2.05. The van der Waals surface area contributed by atoms with Crippen molar-refractivity contribution in [2.45, 2.75) is 13.3 Å². The van der Waals surface area contributed by atoms with Crippen LogP contribution < -0.4 is 0 Å². The average molecular weight is 341 g/mol. The van der Waals surface area contributed by atoms with Crippen LogP contribution in [0.25, 0.3) is 43.2 Å². The van der Waals surface area contributed by atoms with Gasteiger partial charge in [0.05, 0.1) is 0 Å². The first-order valence-electron chi connectivity index (χ1n) is 8.75. The molecule has 0 amide bonds. The second-order valence-corrected chi connectivity index (χ2v) is 7.47. The Morgan fingerprint density at radius 1 is 0.760 bits per heavy atom. The molecule has 1 aliphatic carbocycles. The molecular formula is C23H19NS. The van der Waals surface area contributed by atoms with E-state index in [-0.39, 0.29) is 0 Å². The highest BCUT2D eigenvalue weighted by atomic mass is 32.1. The highest BCUT2D eigenvalue weighted by molar-refractivity contribution is 7.13. The van der Waals surface area contributed by atoms with Gasteiger partial charge in [0.15, 0.2) is 0 Å². The molecule has 0 fully saturated rings. The van der Waals surface area contributed by atoms with Gasteiger partial charge in [-0.1, -0.05) is 55.5 Å². The number of thiophene rings is 1. The topological polar surface area (TPSA) is 4.93 Å². The second-order valence-electron chi connectivity index (χ2n) is 6.52. The average Bonchev–Trinajstić information content (AvgIpc) is 3.28. The summed E-state index contributed by atoms with van der Waals surface area (Å²) in [7, 11) is 2.20. The molecule has 5 rings (SSSR count). The third kappa shape index (κ3) is 1.95. The van der Waals surface area contributed by atoms with Crippen LogP contribution in [0.1, 0.15) is 12.6 Å². The highest BCUT2D eigenvalue weighted by Crippen LogP contribution is 2.50. The summed E-state index contributed by atoms with van der Waals surface area (Å²) in [4.78, 5) is 1.35. The molecule has 0 unspecified atom stereocenters. The van der Waals surface area contributed by atoms with Crippen LogP contribution >= 0.6 is 11.3 Å². The van der Waals surface area contributed by atoms with Gasteiger partial charge in [0, 0.05) is 45.2 Å². The van der Waals surface area contributed by atoms with Gasteiger partial charge in [-0.25, -0.2) is 0 Å². The van der Waals surface area contributed by atoms with Gasteiger partial charge in [0.25, 0.3) is 0 Å². The van der Waals surface area contributed by atoms with Crippen molar-refractivity contribution in [3.63, 3.8) is 0 Å². The van der Waals surface area contributed by atoms with Crippen molar-refractivity contribution in [2.24, 2.45) is 7.05 Å². The first kappa shape index (κ1) is 14.7. The van der Waals surface area contributed by atoms with Crippen molar-refractivity contribution in [3.05, 3.63) is 71.7 Å². The second kappa shape index (κ2) is 5.47. The Bertz CT molecular complexity index is 1180. The highest BCUT2D eigenvalue weighted by Gasteiger charge is 2.25. The zero-order valence-corrected chi connectivity index (χ0v) is 15.2. The number of fused-ring (bicyclic) bond motifs is 5. The van der Waals surface area contributed by atoms with Crippen LogP contribution in [-0.2, 0) is 13.5 Å². The maximum Gasteiger partial charge on any atom is 0.0485 e. The molecule has 0 spiro atoms. The zero-order valence-electron chi connectivity index (χ0n) is 14.4. The largest absolute Gasteiger partial charge is 0.347 e. The van der Waals surface area contributed by atoms with E-state index in [1.807, 2.05) is 11.3 Å². The van der Waals surface area contributed by atoms with E-state index in [4.69, 9.17) is 0 Å². The van der Waals surface area contributed by atoms with Gasteiger partial charge in [0.1, 0.15) is 0 Å². The number of para-hydroxylation sites is 1. The van der Waals surface area contributed by atoms with Crippen molar-refractivity contribution < 1.29 is 0 Å². The third-order valence-corrected chi connectivity index (χ3v) is 6.18. The Morgan fingerprint density at radius 3 is 2.12 bits per heavy atom. The lowest BCUT2D eigenvalue weighted by Gasteiger charge is -2.19. The third-order valence-electron chi connectivity index (χ3n) is 5.30. The van der Waals surface area contributed by atoms with Gasteiger partial charge in [-0.15, -0.1) is 11.3 Å². The molecule has 2 aliphatic rings. The molecule has 3 aromatic rings. The molecule has 25 heavy (non-hydrogen) atoms. The van der Waals surface area contributed by atoms with Gasteiger partial charge < -0.3 is 4.57 Å². The number of hydrogen-bond acceptors (Lipinski definition) is 1. The molecule has 0 saturated carbocycles. The van der Waals surface area contributed by atoms with Crippen molar-refractivity contribution in [3.8, 4) is 21.6 Å². The number of pyridine rings is 1. The molecule has 2 heterocycles. The summed E-state index contributed by atoms with van der Waals surface area (Å²) in [6.45, 7) is 2.26. The van der Waals surface area contributed by atoms with Gasteiger partial charge in [-0.2, -0.15) is 0 Å². The van der Waals surface area contributed by atoms with Gasteiger partial charge >= 0.3 is 0 Å². The van der Waals surface area contributed by atoms with Gasteiger partial charge in [0.2, 0.25) is 0 Å². The van der Waals surface area contributed by atoms with Gasteiger partial charge in [-0.05, 0) is 34.7 Å². The standard InChI is InChI=1S/C23H19NS/c1-3-18-21-15-9-4-5-10-16(15)22(20-13-8-14-25-20)23(21)17-11-6-7-12-19(17)24(18)2/h4-14H,3H2,1-2H3. The molecule has 122 valence electrons. The van der Waals surface area contributed by atoms with Crippen LogP contribution in [0.2, 0.25) is 0 Å². The number of nitrogens with zero attached hydrogens (tertiary/aromatic N) is 1. The van der Waals surface area contributed by atoms with Crippen LogP contribution in [0, 0.1) is 0 Å². The van der Waals surface area contributed by atoms with Crippen molar-refractivity contribution in [1.82, 2.24) is 4.57 Å². The molecule has 0 atom stereocenters. The van der Waals surface area contributed by atoms with Crippen molar-refractivity contribution in [1.29, 1.82) is 0 Å². The van der Waals surface area contributed by atoms with E-state index in [1.165, 1.54) is 48.9 Å². The molecule has 2 aromatic carbocycles. The number of rotatable bonds is 2. The van der Waals surface area contributed by atoms with E-state index in [0.29, 0.717) is 0 Å². The normalized spacial score (nSPS) is 11.8. The summed E-state index contributed by atoms with van der Waals surface area (Å²) < 4.78 is 2.38. The summed E-state index contributed by atoms with van der Waals surface area (Å²) in [5, 5.41) is 6.26. The number of hydrogen-bond donors (Lipinski definition) is 0. The summed E-state index contributed by atoms with van der Waals surface area (Å²) >= 11 is 1.83. The Hall–Kier alpha value is -2.58. The molecule has 2 heteroatoms. The predicted octanol–water partition coefficient (Wildman–Crippen LogP) is 6.73. The summed E-state index contributed by atoms with van der Waals surface area (Å²) in [5.41, 5.74) is 6.94. The maximum absolute atomic E-state index is 2.38. The van der Waals surface area contributed by atoms with E-state index >= 15 is 0 Å². The SMILES string of the molecule is CCc1c2c3ccccc3c(-c3cccs3)c-2c2ccccc2n1C. The predicted molar refractivity (Wildman–Crippen MR) is 110 cm³/mol. The Kier molecular flexibility index (Phi) is 3.22. The molecule has 0 bridgehead atoms. The lowest BCUT2D eigenvalue weighted by molar-refractivity contribution is 0.854. The molecular weight excluding hydrogens is 322 g/mol. The number of aryl methyl sites for hydroxylation is 1. The van der Waals surface area contributed by atoms with Crippen molar-refractivity contribution >= 4 is 33.0 Å².